The molecule has 0 amide bonds. The maximum Gasteiger partial charge on any atom is 0.270 e. The van der Waals surface area contributed by atoms with Crippen molar-refractivity contribution in [3.05, 3.63) is 94.4 Å². The number of hydrogen-bond donors (Lipinski definition) is 1. The lowest BCUT2D eigenvalue weighted by Gasteiger charge is -2.24. The summed E-state index contributed by atoms with van der Waals surface area (Å²) in [5.41, 5.74) is 6.27. The van der Waals surface area contributed by atoms with Crippen molar-refractivity contribution in [2.45, 2.75) is 25.7 Å². The number of benzene rings is 2. The molecule has 4 rings (SSSR count). The molecule has 0 aromatic heterocycles. The first-order valence-corrected chi connectivity index (χ1v) is 11.4. The van der Waals surface area contributed by atoms with Crippen molar-refractivity contribution in [2.75, 3.05) is 32.8 Å². The fourth-order valence-corrected chi connectivity index (χ4v) is 4.20. The van der Waals surface area contributed by atoms with Crippen molar-refractivity contribution < 1.29 is 0 Å². The zero-order valence-electron chi connectivity index (χ0n) is 18.9. The molecule has 0 spiro atoms. The van der Waals surface area contributed by atoms with Crippen LogP contribution in [0.4, 0.5) is 0 Å². The topological polar surface area (TPSA) is 67.2 Å². The van der Waals surface area contributed by atoms with Gasteiger partial charge in [-0.05, 0) is 61.0 Å². The Labute approximate surface area is 197 Å². The molecule has 2 heterocycles. The van der Waals surface area contributed by atoms with Crippen LogP contribution in [0.25, 0.3) is 16.0 Å². The van der Waals surface area contributed by atoms with Crippen LogP contribution >= 0.6 is 0 Å². The van der Waals surface area contributed by atoms with E-state index in [9.17, 15) is 10.5 Å². The Balaban J connectivity index is 0.000000189. The van der Waals surface area contributed by atoms with Crippen molar-refractivity contribution in [3.63, 3.8) is 0 Å². The number of hydrogen-bond acceptors (Lipinski definition) is 4. The van der Waals surface area contributed by atoms with Gasteiger partial charge in [-0.3, -0.25) is 4.85 Å². The van der Waals surface area contributed by atoms with Gasteiger partial charge < -0.3 is 5.32 Å². The van der Waals surface area contributed by atoms with Gasteiger partial charge in [0.15, 0.2) is 0 Å². The van der Waals surface area contributed by atoms with Gasteiger partial charge in [0.25, 0.3) is 6.67 Å². The van der Waals surface area contributed by atoms with E-state index in [2.05, 4.69) is 27.2 Å². The first-order valence-electron chi connectivity index (χ1n) is 11.4. The Morgan fingerprint density at radius 3 is 1.67 bits per heavy atom. The van der Waals surface area contributed by atoms with Crippen molar-refractivity contribution in [1.82, 2.24) is 10.2 Å². The maximum absolute atomic E-state index is 9.33. The van der Waals surface area contributed by atoms with Gasteiger partial charge in [0.05, 0.1) is 23.3 Å². The first kappa shape index (κ1) is 24.0. The molecule has 2 fully saturated rings. The van der Waals surface area contributed by atoms with Crippen molar-refractivity contribution in [1.29, 1.82) is 10.5 Å². The average molecular weight is 436 g/mol. The van der Waals surface area contributed by atoms with E-state index in [1.54, 1.807) is 0 Å². The van der Waals surface area contributed by atoms with E-state index in [0.29, 0.717) is 6.67 Å². The maximum atomic E-state index is 9.33. The number of allylic oxidation sites excluding steroid dienone is 2. The molecule has 0 unspecified atom stereocenters. The van der Waals surface area contributed by atoms with Gasteiger partial charge in [-0.1, -0.05) is 60.7 Å². The summed E-state index contributed by atoms with van der Waals surface area (Å²) in [5, 5.41) is 21.8. The van der Waals surface area contributed by atoms with Crippen molar-refractivity contribution in [3.8, 4) is 12.1 Å². The highest BCUT2D eigenvalue weighted by atomic mass is 15.2. The zero-order valence-corrected chi connectivity index (χ0v) is 18.9. The van der Waals surface area contributed by atoms with Crippen LogP contribution in [-0.2, 0) is 0 Å². The van der Waals surface area contributed by atoms with Crippen LogP contribution in [0.3, 0.4) is 0 Å². The largest absolute Gasteiger partial charge is 0.316 e. The second-order valence-corrected chi connectivity index (χ2v) is 8.08. The SMILES string of the molecule is N#CC(=C1CCNCC1)c1ccccc1.[C-]#[N+]CN1CCC(=C(C#N)c2ccccc2)CC1. The van der Waals surface area contributed by atoms with Gasteiger partial charge in [-0.25, -0.2) is 11.5 Å². The van der Waals surface area contributed by atoms with Crippen LogP contribution in [-0.4, -0.2) is 37.7 Å². The van der Waals surface area contributed by atoms with Crippen LogP contribution in [0.1, 0.15) is 36.8 Å². The van der Waals surface area contributed by atoms with Crippen LogP contribution in [0.15, 0.2) is 71.8 Å². The van der Waals surface area contributed by atoms with Crippen molar-refractivity contribution >= 4 is 11.1 Å². The Kier molecular flexibility index (Phi) is 9.44. The summed E-state index contributed by atoms with van der Waals surface area (Å²) in [4.78, 5) is 5.54. The Hall–Kier alpha value is -3.69. The summed E-state index contributed by atoms with van der Waals surface area (Å²) in [6.45, 7) is 11.1. The van der Waals surface area contributed by atoms with E-state index in [1.165, 1.54) is 11.1 Å². The van der Waals surface area contributed by atoms with Crippen molar-refractivity contribution in [2.24, 2.45) is 0 Å². The summed E-state index contributed by atoms with van der Waals surface area (Å²) in [7, 11) is 0. The fourth-order valence-electron chi connectivity index (χ4n) is 4.20. The van der Waals surface area contributed by atoms with Gasteiger partial charge in [0.2, 0.25) is 0 Å². The Morgan fingerprint density at radius 2 is 1.24 bits per heavy atom. The van der Waals surface area contributed by atoms with E-state index < -0.39 is 0 Å². The van der Waals surface area contributed by atoms with E-state index in [-0.39, 0.29) is 0 Å². The highest BCUT2D eigenvalue weighted by Gasteiger charge is 2.18. The number of nitriles is 2. The second-order valence-electron chi connectivity index (χ2n) is 8.08. The minimum absolute atomic E-state index is 0.473. The molecule has 2 saturated heterocycles. The molecule has 0 aliphatic carbocycles. The second kappa shape index (κ2) is 13.0. The van der Waals surface area contributed by atoms with Crippen LogP contribution in [0.5, 0.6) is 0 Å². The average Bonchev–Trinajstić information content (AvgIpc) is 2.89. The van der Waals surface area contributed by atoms with E-state index in [0.717, 1.165) is 74.1 Å². The van der Waals surface area contributed by atoms with Gasteiger partial charge in [0, 0.05) is 13.1 Å². The highest BCUT2D eigenvalue weighted by Crippen LogP contribution is 2.26. The lowest BCUT2D eigenvalue weighted by Crippen LogP contribution is -2.30. The molecule has 0 radical (unpaired) electrons. The minimum atomic E-state index is 0.473. The molecule has 2 aromatic rings. The predicted octanol–water partition coefficient (Wildman–Crippen LogP) is 5.28. The zero-order chi connectivity index (χ0) is 23.3. The predicted molar refractivity (Wildman–Crippen MR) is 132 cm³/mol. The third kappa shape index (κ3) is 6.90. The lowest BCUT2D eigenvalue weighted by molar-refractivity contribution is 0.282. The van der Waals surface area contributed by atoms with Gasteiger partial charge in [-0.2, -0.15) is 10.5 Å². The molecular weight excluding hydrogens is 406 g/mol. The molecule has 0 atom stereocenters. The highest BCUT2D eigenvalue weighted by molar-refractivity contribution is 5.80. The number of likely N-dealkylation sites (tertiary alicyclic amines) is 1. The van der Waals surface area contributed by atoms with E-state index >= 15 is 0 Å². The summed E-state index contributed by atoms with van der Waals surface area (Å²) < 4.78 is 0. The van der Waals surface area contributed by atoms with Gasteiger partial charge in [0.1, 0.15) is 0 Å². The normalized spacial score (nSPS) is 15.8. The molecule has 33 heavy (non-hydrogen) atoms. The van der Waals surface area contributed by atoms with E-state index in [1.807, 2.05) is 60.7 Å². The summed E-state index contributed by atoms with van der Waals surface area (Å²) in [5.74, 6) is 0. The summed E-state index contributed by atoms with van der Waals surface area (Å²) >= 11 is 0. The first-order chi connectivity index (χ1) is 16.3. The van der Waals surface area contributed by atoms with Gasteiger partial charge in [-0.15, -0.1) is 0 Å². The number of piperidine rings is 2. The third-order valence-electron chi connectivity index (χ3n) is 5.99. The molecule has 2 aliphatic rings. The fraction of sp³-hybridized carbons (Fsp3) is 0.321. The smallest absolute Gasteiger partial charge is 0.270 e. The third-order valence-corrected chi connectivity index (χ3v) is 5.99. The Morgan fingerprint density at radius 1 is 0.788 bits per heavy atom. The standard InChI is InChI=1S/C15H15N3.C13H14N2/c1-17-12-18-9-7-14(8-10-18)15(11-16)13-5-3-2-4-6-13;14-10-13(11-4-2-1-3-5-11)12-6-8-15-9-7-12/h2-6H,7-10,12H2;1-5,15H,6-9H2. The van der Waals surface area contributed by atoms with Crippen LogP contribution < -0.4 is 5.32 Å². The molecule has 0 bridgehead atoms. The summed E-state index contributed by atoms with van der Waals surface area (Å²) in [6, 6.07) is 24.5. The number of nitrogens with zero attached hydrogens (tertiary/aromatic N) is 4. The lowest BCUT2D eigenvalue weighted by atomic mass is 9.94. The molecular formula is C28H29N5. The van der Waals surface area contributed by atoms with Gasteiger partial charge >= 0.3 is 0 Å². The van der Waals surface area contributed by atoms with Crippen LogP contribution in [0.2, 0.25) is 0 Å². The molecule has 0 saturated carbocycles. The summed E-state index contributed by atoms with van der Waals surface area (Å²) in [6.07, 6.45) is 3.79. The molecule has 2 aliphatic heterocycles. The quantitative estimate of drug-likeness (QED) is 0.526. The molecule has 1 N–H and O–H groups in total. The molecule has 166 valence electrons. The molecule has 5 heteroatoms. The number of rotatable bonds is 3. The van der Waals surface area contributed by atoms with Crippen LogP contribution in [0, 0.1) is 29.2 Å². The Bertz CT molecular complexity index is 1080. The van der Waals surface area contributed by atoms with E-state index in [4.69, 9.17) is 6.57 Å². The molecule has 2 aromatic carbocycles. The number of nitrogens with one attached hydrogen (secondary N) is 1. The minimum Gasteiger partial charge on any atom is -0.316 e. The molecule has 5 nitrogen and oxygen atoms in total. The monoisotopic (exact) mass is 435 g/mol.